The second-order valence-corrected chi connectivity index (χ2v) is 9.85. The lowest BCUT2D eigenvalue weighted by Crippen LogP contribution is -2.15. The van der Waals surface area contributed by atoms with Crippen LogP contribution in [0.3, 0.4) is 0 Å². The fourth-order valence-corrected chi connectivity index (χ4v) is 4.66. The average molecular weight is 456 g/mol. The van der Waals surface area contributed by atoms with Crippen LogP contribution in [0.2, 0.25) is 5.02 Å². The van der Waals surface area contributed by atoms with E-state index >= 15 is 0 Å². The third-order valence-electron chi connectivity index (χ3n) is 4.24. The van der Waals surface area contributed by atoms with E-state index in [4.69, 9.17) is 11.6 Å². The van der Waals surface area contributed by atoms with E-state index in [9.17, 15) is 8.42 Å². The lowest BCUT2D eigenvalue weighted by Gasteiger charge is -2.08. The number of aromatic nitrogens is 1. The summed E-state index contributed by atoms with van der Waals surface area (Å²) in [5, 5.41) is 1.60. The summed E-state index contributed by atoms with van der Waals surface area (Å²) >= 11 is 9.38. The lowest BCUT2D eigenvalue weighted by atomic mass is 10.1. The molecule has 0 unspecified atom stereocenters. The van der Waals surface area contributed by atoms with Crippen molar-refractivity contribution in [3.05, 3.63) is 63.7 Å². The Morgan fingerprint density at radius 3 is 2.46 bits per heavy atom. The van der Waals surface area contributed by atoms with Gasteiger partial charge in [-0.2, -0.15) is 0 Å². The number of benzene rings is 2. The van der Waals surface area contributed by atoms with E-state index in [0.717, 1.165) is 33.9 Å². The molecule has 0 atom stereocenters. The quantitative estimate of drug-likeness (QED) is 0.546. The fourth-order valence-electron chi connectivity index (χ4n) is 2.89. The van der Waals surface area contributed by atoms with Gasteiger partial charge in [-0.3, -0.25) is 0 Å². The Labute approximate surface area is 167 Å². The van der Waals surface area contributed by atoms with Crippen LogP contribution in [-0.2, 0) is 22.1 Å². The topological polar surface area (TPSA) is 42.3 Å². The molecule has 26 heavy (non-hydrogen) atoms. The molecule has 4 nitrogen and oxygen atoms in total. The molecule has 0 spiro atoms. The summed E-state index contributed by atoms with van der Waals surface area (Å²) in [5.41, 5.74) is 2.06. The molecule has 3 rings (SSSR count). The van der Waals surface area contributed by atoms with Gasteiger partial charge in [-0.15, -0.1) is 0 Å². The maximum absolute atomic E-state index is 12.8. The maximum atomic E-state index is 12.8. The Balaban J connectivity index is 2.00. The van der Waals surface area contributed by atoms with Crippen molar-refractivity contribution in [2.45, 2.75) is 17.2 Å². The van der Waals surface area contributed by atoms with Crippen molar-refractivity contribution in [3.63, 3.8) is 0 Å². The zero-order valence-corrected chi connectivity index (χ0v) is 17.8. The van der Waals surface area contributed by atoms with Crippen LogP contribution in [0.4, 0.5) is 0 Å². The number of fused-ring (bicyclic) bond motifs is 1. The molecule has 0 amide bonds. The molecule has 138 valence electrons. The van der Waals surface area contributed by atoms with Crippen molar-refractivity contribution in [3.8, 4) is 0 Å². The standard InChI is InChI=1S/C19H20BrClN2O2S/c1-22(2)10-9-14-12-23(19-8-3-15(20)11-18(14)19)13-26(24,25)17-6-4-16(21)5-7-17/h3-8,11-12H,9-10,13H2,1-2H3. The summed E-state index contributed by atoms with van der Waals surface area (Å²) in [6.07, 6.45) is 2.81. The smallest absolute Gasteiger partial charge is 0.196 e. The molecule has 7 heteroatoms. The van der Waals surface area contributed by atoms with E-state index in [-0.39, 0.29) is 10.8 Å². The molecule has 1 heterocycles. The summed E-state index contributed by atoms with van der Waals surface area (Å²) in [4.78, 5) is 2.39. The molecule has 0 bridgehead atoms. The number of halogens is 2. The van der Waals surface area contributed by atoms with Gasteiger partial charge in [-0.25, -0.2) is 8.42 Å². The molecule has 0 aliphatic heterocycles. The van der Waals surface area contributed by atoms with Gasteiger partial charge in [-0.05, 0) is 68.5 Å². The molecule has 0 aliphatic carbocycles. The van der Waals surface area contributed by atoms with Gasteiger partial charge in [0, 0.05) is 33.1 Å². The molecule has 0 saturated carbocycles. The second-order valence-electron chi connectivity index (χ2n) is 6.54. The van der Waals surface area contributed by atoms with Crippen molar-refractivity contribution in [1.82, 2.24) is 9.47 Å². The minimum atomic E-state index is -3.47. The van der Waals surface area contributed by atoms with Crippen LogP contribution < -0.4 is 0 Å². The predicted octanol–water partition coefficient (Wildman–Crippen LogP) is 4.59. The first-order valence-electron chi connectivity index (χ1n) is 8.16. The van der Waals surface area contributed by atoms with Crippen LogP contribution in [0.5, 0.6) is 0 Å². The molecular formula is C19H20BrClN2O2S. The van der Waals surface area contributed by atoms with Gasteiger partial charge in [0.15, 0.2) is 9.84 Å². The zero-order chi connectivity index (χ0) is 18.9. The van der Waals surface area contributed by atoms with Crippen LogP contribution in [0, 0.1) is 0 Å². The monoisotopic (exact) mass is 454 g/mol. The first kappa shape index (κ1) is 19.4. The van der Waals surface area contributed by atoms with Crippen LogP contribution in [0.25, 0.3) is 10.9 Å². The molecule has 0 saturated heterocycles. The van der Waals surface area contributed by atoms with Gasteiger partial charge in [0.2, 0.25) is 0 Å². The van der Waals surface area contributed by atoms with Crippen molar-refractivity contribution < 1.29 is 8.42 Å². The second kappa shape index (κ2) is 7.72. The number of hydrogen-bond acceptors (Lipinski definition) is 3. The summed E-state index contributed by atoms with van der Waals surface area (Å²) in [6.45, 7) is 0.898. The Hall–Kier alpha value is -1.34. The highest BCUT2D eigenvalue weighted by atomic mass is 79.9. The third-order valence-corrected chi connectivity index (χ3v) is 6.59. The van der Waals surface area contributed by atoms with Gasteiger partial charge < -0.3 is 9.47 Å². The van der Waals surface area contributed by atoms with Crippen molar-refractivity contribution in [2.24, 2.45) is 0 Å². The highest BCUT2D eigenvalue weighted by molar-refractivity contribution is 9.10. The first-order chi connectivity index (χ1) is 12.3. The van der Waals surface area contributed by atoms with E-state index in [1.54, 1.807) is 24.3 Å². The summed E-state index contributed by atoms with van der Waals surface area (Å²) in [6, 6.07) is 12.2. The summed E-state index contributed by atoms with van der Waals surface area (Å²) < 4.78 is 28.4. The number of likely N-dealkylation sites (N-methyl/N-ethyl adjacent to an activating group) is 1. The van der Waals surface area contributed by atoms with Gasteiger partial charge >= 0.3 is 0 Å². The number of sulfone groups is 1. The Morgan fingerprint density at radius 2 is 1.81 bits per heavy atom. The number of nitrogens with zero attached hydrogens (tertiary/aromatic N) is 2. The highest BCUT2D eigenvalue weighted by Crippen LogP contribution is 2.27. The SMILES string of the molecule is CN(C)CCc1cn(CS(=O)(=O)c2ccc(Cl)cc2)c2ccc(Br)cc12. The lowest BCUT2D eigenvalue weighted by molar-refractivity contribution is 0.414. The molecule has 3 aromatic rings. The van der Waals surface area contributed by atoms with Gasteiger partial charge in [-0.1, -0.05) is 27.5 Å². The number of rotatable bonds is 6. The van der Waals surface area contributed by atoms with Gasteiger partial charge in [0.1, 0.15) is 5.88 Å². The van der Waals surface area contributed by atoms with Gasteiger partial charge in [0.05, 0.1) is 4.90 Å². The highest BCUT2D eigenvalue weighted by Gasteiger charge is 2.18. The normalized spacial score (nSPS) is 12.2. The summed E-state index contributed by atoms with van der Waals surface area (Å²) in [7, 11) is 0.588. The van der Waals surface area contributed by atoms with Gasteiger partial charge in [0.25, 0.3) is 0 Å². The zero-order valence-electron chi connectivity index (χ0n) is 14.6. The molecular weight excluding hydrogens is 436 g/mol. The molecule has 0 fully saturated rings. The van der Waals surface area contributed by atoms with E-state index < -0.39 is 9.84 Å². The molecule has 1 aromatic heterocycles. The fraction of sp³-hybridized carbons (Fsp3) is 0.263. The van der Waals surface area contributed by atoms with Crippen molar-refractivity contribution in [1.29, 1.82) is 0 Å². The molecule has 0 radical (unpaired) electrons. The summed E-state index contributed by atoms with van der Waals surface area (Å²) in [5.74, 6) is -0.102. The maximum Gasteiger partial charge on any atom is 0.196 e. The Morgan fingerprint density at radius 1 is 1.12 bits per heavy atom. The van der Waals surface area contributed by atoms with Crippen LogP contribution in [0.1, 0.15) is 5.56 Å². The van der Waals surface area contributed by atoms with Crippen LogP contribution >= 0.6 is 27.5 Å². The largest absolute Gasteiger partial charge is 0.332 e. The van der Waals surface area contributed by atoms with Crippen LogP contribution in [-0.4, -0.2) is 38.5 Å². The average Bonchev–Trinajstić information content (AvgIpc) is 2.89. The van der Waals surface area contributed by atoms with E-state index in [1.807, 2.05) is 43.1 Å². The first-order valence-corrected chi connectivity index (χ1v) is 11.0. The number of hydrogen-bond donors (Lipinski definition) is 0. The predicted molar refractivity (Wildman–Crippen MR) is 111 cm³/mol. The van der Waals surface area contributed by atoms with E-state index in [2.05, 4.69) is 20.8 Å². The minimum Gasteiger partial charge on any atom is -0.332 e. The van der Waals surface area contributed by atoms with E-state index in [0.29, 0.717) is 5.02 Å². The van der Waals surface area contributed by atoms with Crippen molar-refractivity contribution in [2.75, 3.05) is 20.6 Å². The molecule has 0 aliphatic rings. The minimum absolute atomic E-state index is 0.102. The molecule has 0 N–H and O–H groups in total. The third kappa shape index (κ3) is 4.31. The molecule has 2 aromatic carbocycles. The van der Waals surface area contributed by atoms with Crippen LogP contribution in [0.15, 0.2) is 58.0 Å². The Bertz CT molecular complexity index is 1030. The Kier molecular flexibility index (Phi) is 5.77. The van der Waals surface area contributed by atoms with Crippen molar-refractivity contribution >= 4 is 48.3 Å². The van der Waals surface area contributed by atoms with E-state index in [1.165, 1.54) is 0 Å².